The minimum atomic E-state index is -0.613. The van der Waals surface area contributed by atoms with Crippen molar-refractivity contribution >= 4 is 40.8 Å². The fourth-order valence-corrected chi connectivity index (χ4v) is 4.84. The summed E-state index contributed by atoms with van der Waals surface area (Å²) in [6.07, 6.45) is 0.541. The second kappa shape index (κ2) is 8.89. The molecular weight excluding hydrogens is 418 g/mol. The number of ether oxygens (including phenoxy) is 1. The Kier molecular flexibility index (Phi) is 6.03. The number of urea groups is 1. The Balaban J connectivity index is 1.56. The van der Waals surface area contributed by atoms with E-state index in [1.807, 2.05) is 48.7 Å². The van der Waals surface area contributed by atoms with Gasteiger partial charge in [0.2, 0.25) is 5.91 Å². The fraction of sp³-hybridized carbons (Fsp3) is 0.364. The molecule has 2 atom stereocenters. The summed E-state index contributed by atoms with van der Waals surface area (Å²) >= 11 is 1.47. The van der Waals surface area contributed by atoms with Gasteiger partial charge in [0.05, 0.1) is 12.0 Å². The Morgan fingerprint density at radius 3 is 2.61 bits per heavy atom. The summed E-state index contributed by atoms with van der Waals surface area (Å²) in [4.78, 5) is 53.4. The molecule has 1 aromatic heterocycles. The number of esters is 1. The van der Waals surface area contributed by atoms with Crippen LogP contribution < -0.4 is 10.2 Å². The van der Waals surface area contributed by atoms with E-state index in [0.29, 0.717) is 13.0 Å². The van der Waals surface area contributed by atoms with Crippen LogP contribution in [-0.4, -0.2) is 48.4 Å². The van der Waals surface area contributed by atoms with Gasteiger partial charge in [-0.25, -0.2) is 4.79 Å². The standard InChI is InChI=1S/C22H23N3O5S/c1-14-4-6-15(7-5-14)25-18(26)9-8-16(20(25)17-3-2-12-31-17)21(28)30-13-19(27)24-11-10-23-22(24)29/h2-7,12,16,20H,8-11,13H2,1H3,(H,23,29). The maximum absolute atomic E-state index is 13.0. The second-order valence-electron chi connectivity index (χ2n) is 7.59. The summed E-state index contributed by atoms with van der Waals surface area (Å²) in [7, 11) is 0. The SMILES string of the molecule is Cc1ccc(N2C(=O)CCC(C(=O)OCC(=O)N3CCNC3=O)C2c2cccs2)cc1. The first-order chi connectivity index (χ1) is 15.0. The lowest BCUT2D eigenvalue weighted by atomic mass is 9.87. The van der Waals surface area contributed by atoms with Crippen LogP contribution in [0.5, 0.6) is 0 Å². The quantitative estimate of drug-likeness (QED) is 0.720. The van der Waals surface area contributed by atoms with E-state index in [1.165, 1.54) is 11.3 Å². The van der Waals surface area contributed by atoms with Gasteiger partial charge in [-0.3, -0.25) is 19.3 Å². The number of rotatable bonds is 5. The minimum Gasteiger partial charge on any atom is -0.455 e. The van der Waals surface area contributed by atoms with Crippen molar-refractivity contribution in [3.8, 4) is 0 Å². The van der Waals surface area contributed by atoms with Gasteiger partial charge in [0.25, 0.3) is 5.91 Å². The number of hydrogen-bond acceptors (Lipinski definition) is 6. The highest BCUT2D eigenvalue weighted by molar-refractivity contribution is 7.10. The van der Waals surface area contributed by atoms with Crippen molar-refractivity contribution in [2.24, 2.45) is 5.92 Å². The number of piperidine rings is 1. The van der Waals surface area contributed by atoms with Gasteiger partial charge in [0, 0.05) is 30.1 Å². The molecule has 162 valence electrons. The maximum atomic E-state index is 13.0. The fourth-order valence-electron chi connectivity index (χ4n) is 3.96. The Morgan fingerprint density at radius 2 is 1.97 bits per heavy atom. The number of hydrogen-bond donors (Lipinski definition) is 1. The van der Waals surface area contributed by atoms with Crippen LogP contribution in [0.15, 0.2) is 41.8 Å². The van der Waals surface area contributed by atoms with Gasteiger partial charge in [-0.2, -0.15) is 0 Å². The zero-order valence-corrected chi connectivity index (χ0v) is 17.9. The third kappa shape index (κ3) is 4.32. The molecule has 1 N–H and O–H groups in total. The number of anilines is 1. The number of nitrogens with zero attached hydrogens (tertiary/aromatic N) is 2. The molecule has 0 spiro atoms. The molecule has 9 heteroatoms. The second-order valence-corrected chi connectivity index (χ2v) is 8.57. The molecule has 2 aromatic rings. The number of thiophene rings is 1. The Hall–Kier alpha value is -3.20. The third-order valence-corrected chi connectivity index (χ3v) is 6.49. The molecule has 0 radical (unpaired) electrons. The van der Waals surface area contributed by atoms with Crippen molar-refractivity contribution in [1.82, 2.24) is 10.2 Å². The van der Waals surface area contributed by atoms with Gasteiger partial charge >= 0.3 is 12.0 Å². The van der Waals surface area contributed by atoms with Crippen LogP contribution in [0.3, 0.4) is 0 Å². The van der Waals surface area contributed by atoms with Gasteiger partial charge in [0.15, 0.2) is 6.61 Å². The topological polar surface area (TPSA) is 96.0 Å². The van der Waals surface area contributed by atoms with Gasteiger partial charge < -0.3 is 15.0 Å². The lowest BCUT2D eigenvalue weighted by Gasteiger charge is -2.39. The number of carbonyl (C=O) groups excluding carboxylic acids is 4. The first-order valence-electron chi connectivity index (χ1n) is 10.1. The molecule has 2 aliphatic heterocycles. The summed E-state index contributed by atoms with van der Waals surface area (Å²) in [6, 6.07) is 10.4. The smallest absolute Gasteiger partial charge is 0.324 e. The lowest BCUT2D eigenvalue weighted by molar-refractivity contribution is -0.156. The van der Waals surface area contributed by atoms with Crippen LogP contribution in [-0.2, 0) is 19.1 Å². The van der Waals surface area contributed by atoms with Crippen LogP contribution in [0.2, 0.25) is 0 Å². The molecule has 0 aliphatic carbocycles. The molecule has 4 rings (SSSR count). The van der Waals surface area contributed by atoms with Crippen LogP contribution in [0.25, 0.3) is 0 Å². The molecule has 3 heterocycles. The molecule has 4 amide bonds. The number of nitrogens with one attached hydrogen (secondary N) is 1. The van der Waals surface area contributed by atoms with Crippen molar-refractivity contribution in [3.63, 3.8) is 0 Å². The zero-order valence-electron chi connectivity index (χ0n) is 17.1. The number of amides is 4. The molecule has 2 fully saturated rings. The summed E-state index contributed by atoms with van der Waals surface area (Å²) in [6.45, 7) is 2.11. The number of aryl methyl sites for hydroxylation is 1. The van der Waals surface area contributed by atoms with Gasteiger partial charge in [-0.1, -0.05) is 23.8 Å². The number of carbonyl (C=O) groups is 4. The third-order valence-electron chi connectivity index (χ3n) is 5.54. The maximum Gasteiger partial charge on any atom is 0.324 e. The van der Waals surface area contributed by atoms with Crippen molar-refractivity contribution < 1.29 is 23.9 Å². The molecule has 2 aliphatic rings. The minimum absolute atomic E-state index is 0.0592. The summed E-state index contributed by atoms with van der Waals surface area (Å²) in [5, 5.41) is 4.45. The summed E-state index contributed by atoms with van der Waals surface area (Å²) < 4.78 is 5.33. The molecular formula is C22H23N3O5S. The van der Waals surface area contributed by atoms with Crippen LogP contribution in [0, 0.1) is 12.8 Å². The highest BCUT2D eigenvalue weighted by Crippen LogP contribution is 2.42. The van der Waals surface area contributed by atoms with E-state index in [1.54, 1.807) is 4.90 Å². The van der Waals surface area contributed by atoms with Crippen molar-refractivity contribution in [2.75, 3.05) is 24.6 Å². The normalized spacial score (nSPS) is 21.2. The predicted molar refractivity (Wildman–Crippen MR) is 115 cm³/mol. The van der Waals surface area contributed by atoms with Crippen LogP contribution in [0.1, 0.15) is 29.3 Å². The molecule has 31 heavy (non-hydrogen) atoms. The first-order valence-corrected chi connectivity index (χ1v) is 11.0. The van der Waals surface area contributed by atoms with Crippen LogP contribution in [0.4, 0.5) is 10.5 Å². The Morgan fingerprint density at radius 1 is 1.19 bits per heavy atom. The largest absolute Gasteiger partial charge is 0.455 e. The van der Waals surface area contributed by atoms with E-state index in [0.717, 1.165) is 21.0 Å². The van der Waals surface area contributed by atoms with E-state index >= 15 is 0 Å². The molecule has 1 aromatic carbocycles. The van der Waals surface area contributed by atoms with Crippen LogP contribution >= 0.6 is 11.3 Å². The Labute approximate surface area is 183 Å². The highest BCUT2D eigenvalue weighted by Gasteiger charge is 2.43. The van der Waals surface area contributed by atoms with Gasteiger partial charge in [-0.15, -0.1) is 11.3 Å². The monoisotopic (exact) mass is 441 g/mol. The van der Waals surface area contributed by atoms with Crippen molar-refractivity contribution in [1.29, 1.82) is 0 Å². The molecule has 8 nitrogen and oxygen atoms in total. The Bertz CT molecular complexity index is 989. The average Bonchev–Trinajstić information content (AvgIpc) is 3.44. The van der Waals surface area contributed by atoms with Gasteiger partial charge in [-0.05, 0) is 36.9 Å². The molecule has 0 bridgehead atoms. The summed E-state index contributed by atoms with van der Waals surface area (Å²) in [5.41, 5.74) is 1.79. The molecule has 2 unspecified atom stereocenters. The predicted octanol–water partition coefficient (Wildman–Crippen LogP) is 2.64. The zero-order chi connectivity index (χ0) is 22.0. The van der Waals surface area contributed by atoms with E-state index in [2.05, 4.69) is 5.32 Å². The first kappa shape index (κ1) is 21.0. The van der Waals surface area contributed by atoms with Crippen molar-refractivity contribution in [2.45, 2.75) is 25.8 Å². The summed E-state index contributed by atoms with van der Waals surface area (Å²) in [5.74, 6) is -1.77. The highest BCUT2D eigenvalue weighted by atomic mass is 32.1. The number of benzene rings is 1. The van der Waals surface area contributed by atoms with E-state index in [9.17, 15) is 19.2 Å². The van der Waals surface area contributed by atoms with E-state index < -0.39 is 36.5 Å². The van der Waals surface area contributed by atoms with Gasteiger partial charge in [0.1, 0.15) is 0 Å². The molecule has 2 saturated heterocycles. The number of imide groups is 1. The lowest BCUT2D eigenvalue weighted by Crippen LogP contribution is -2.46. The van der Waals surface area contributed by atoms with E-state index in [4.69, 9.17) is 4.74 Å². The van der Waals surface area contributed by atoms with Crippen molar-refractivity contribution in [3.05, 3.63) is 52.2 Å². The average molecular weight is 442 g/mol. The van der Waals surface area contributed by atoms with E-state index in [-0.39, 0.29) is 18.9 Å². The molecule has 0 saturated carbocycles.